The van der Waals surface area contributed by atoms with Gasteiger partial charge in [0.2, 0.25) is 0 Å². The molecule has 3 heteroatoms. The maximum absolute atomic E-state index is 12.4. The standard InChI is InChI=1S/C14H16O2S/c15-14-9-5-4-6-11(14)10-13(14)17(16)12-7-2-1-3-8-12/h1-3,5,7-9,11,13,15H,4,6,10H2/t11-,13-,14+,17?/m0/s1. The van der Waals surface area contributed by atoms with Crippen LogP contribution in [-0.4, -0.2) is 20.2 Å². The lowest BCUT2D eigenvalue weighted by Crippen LogP contribution is -2.60. The SMILES string of the molecule is O=S(c1ccccc1)[C@H]1C[C@@H]2CCC=C[C@@]21O. The molecule has 0 aromatic heterocycles. The van der Waals surface area contributed by atoms with Gasteiger partial charge in [0.25, 0.3) is 0 Å². The topological polar surface area (TPSA) is 37.3 Å². The molecular formula is C14H16O2S. The van der Waals surface area contributed by atoms with E-state index < -0.39 is 16.4 Å². The van der Waals surface area contributed by atoms with Gasteiger partial charge in [0.1, 0.15) is 5.60 Å². The van der Waals surface area contributed by atoms with E-state index in [2.05, 4.69) is 0 Å². The minimum absolute atomic E-state index is 0.133. The molecular weight excluding hydrogens is 232 g/mol. The van der Waals surface area contributed by atoms with Crippen LogP contribution in [0.5, 0.6) is 0 Å². The second-order valence-electron chi connectivity index (χ2n) is 4.90. The molecule has 0 bridgehead atoms. The van der Waals surface area contributed by atoms with Crippen LogP contribution in [0, 0.1) is 5.92 Å². The van der Waals surface area contributed by atoms with Crippen LogP contribution in [0.2, 0.25) is 0 Å². The van der Waals surface area contributed by atoms with Gasteiger partial charge in [-0.1, -0.05) is 30.4 Å². The van der Waals surface area contributed by atoms with Gasteiger partial charge in [0, 0.05) is 4.90 Å². The highest BCUT2D eigenvalue weighted by atomic mass is 32.2. The Morgan fingerprint density at radius 1 is 1.29 bits per heavy atom. The molecule has 0 aliphatic heterocycles. The number of benzene rings is 1. The predicted molar refractivity (Wildman–Crippen MR) is 68.1 cm³/mol. The monoisotopic (exact) mass is 248 g/mol. The summed E-state index contributed by atoms with van der Waals surface area (Å²) >= 11 is 0. The van der Waals surface area contributed by atoms with Crippen molar-refractivity contribution in [3.8, 4) is 0 Å². The van der Waals surface area contributed by atoms with Crippen LogP contribution in [0.25, 0.3) is 0 Å². The van der Waals surface area contributed by atoms with Crippen LogP contribution in [0.15, 0.2) is 47.4 Å². The highest BCUT2D eigenvalue weighted by Gasteiger charge is 2.55. The van der Waals surface area contributed by atoms with Gasteiger partial charge in [-0.2, -0.15) is 0 Å². The van der Waals surface area contributed by atoms with Gasteiger partial charge >= 0.3 is 0 Å². The summed E-state index contributed by atoms with van der Waals surface area (Å²) in [7, 11) is -1.10. The number of hydrogen-bond donors (Lipinski definition) is 1. The van der Waals surface area contributed by atoms with E-state index in [-0.39, 0.29) is 5.25 Å². The molecule has 2 nitrogen and oxygen atoms in total. The van der Waals surface area contributed by atoms with Crippen LogP contribution >= 0.6 is 0 Å². The molecule has 2 aliphatic rings. The van der Waals surface area contributed by atoms with Crippen molar-refractivity contribution in [3.05, 3.63) is 42.5 Å². The third-order valence-corrected chi connectivity index (χ3v) is 5.79. The van der Waals surface area contributed by atoms with Crippen molar-refractivity contribution in [2.24, 2.45) is 5.92 Å². The normalized spacial score (nSPS) is 37.0. The molecule has 1 fully saturated rings. The van der Waals surface area contributed by atoms with E-state index in [4.69, 9.17) is 0 Å². The molecule has 0 spiro atoms. The summed E-state index contributed by atoms with van der Waals surface area (Å²) in [5.41, 5.74) is -0.820. The fourth-order valence-electron chi connectivity index (χ4n) is 2.88. The van der Waals surface area contributed by atoms with Crippen molar-refractivity contribution >= 4 is 10.8 Å². The quantitative estimate of drug-likeness (QED) is 0.815. The van der Waals surface area contributed by atoms with Crippen molar-refractivity contribution in [3.63, 3.8) is 0 Å². The highest BCUT2D eigenvalue weighted by molar-refractivity contribution is 7.85. The minimum Gasteiger partial charge on any atom is -0.384 e. The molecule has 1 saturated carbocycles. The summed E-state index contributed by atoms with van der Waals surface area (Å²) in [5, 5.41) is 10.4. The number of aliphatic hydroxyl groups is 1. The third kappa shape index (κ3) is 1.69. The van der Waals surface area contributed by atoms with Crippen molar-refractivity contribution in [1.29, 1.82) is 0 Å². The molecule has 2 aliphatic carbocycles. The molecule has 0 heterocycles. The first-order valence-electron chi connectivity index (χ1n) is 6.07. The number of allylic oxidation sites excluding steroid dienone is 1. The second kappa shape index (κ2) is 4.07. The smallest absolute Gasteiger partial charge is 0.100 e. The van der Waals surface area contributed by atoms with Gasteiger partial charge in [-0.3, -0.25) is 4.21 Å². The average Bonchev–Trinajstić information content (AvgIpc) is 2.36. The molecule has 90 valence electrons. The third-order valence-electron chi connectivity index (χ3n) is 3.97. The summed E-state index contributed by atoms with van der Waals surface area (Å²) in [6.07, 6.45) is 6.83. The predicted octanol–water partition coefficient (Wildman–Crippen LogP) is 2.26. The summed E-state index contributed by atoms with van der Waals surface area (Å²) in [5.74, 6) is 0.310. The molecule has 1 aromatic rings. The molecule has 17 heavy (non-hydrogen) atoms. The van der Waals surface area contributed by atoms with Gasteiger partial charge in [0.15, 0.2) is 0 Å². The van der Waals surface area contributed by atoms with E-state index in [9.17, 15) is 9.32 Å². The van der Waals surface area contributed by atoms with E-state index in [1.165, 1.54) is 0 Å². The largest absolute Gasteiger partial charge is 0.384 e. The van der Waals surface area contributed by atoms with Crippen LogP contribution < -0.4 is 0 Å². The zero-order chi connectivity index (χ0) is 11.9. The zero-order valence-electron chi connectivity index (χ0n) is 9.58. The van der Waals surface area contributed by atoms with E-state index in [0.717, 1.165) is 24.2 Å². The first-order valence-corrected chi connectivity index (χ1v) is 7.29. The summed E-state index contributed by atoms with van der Waals surface area (Å²) in [6.45, 7) is 0. The molecule has 1 unspecified atom stereocenters. The number of hydrogen-bond acceptors (Lipinski definition) is 2. The number of rotatable bonds is 2. The zero-order valence-corrected chi connectivity index (χ0v) is 10.4. The maximum Gasteiger partial charge on any atom is 0.100 e. The molecule has 1 N–H and O–H groups in total. The minimum atomic E-state index is -1.10. The van der Waals surface area contributed by atoms with Crippen LogP contribution in [0.4, 0.5) is 0 Å². The van der Waals surface area contributed by atoms with Crippen LogP contribution in [0.1, 0.15) is 19.3 Å². The van der Waals surface area contributed by atoms with E-state index in [1.807, 2.05) is 42.5 Å². The molecule has 0 saturated heterocycles. The first kappa shape index (κ1) is 11.2. The Labute approximate surface area is 104 Å². The Morgan fingerprint density at radius 3 is 2.76 bits per heavy atom. The van der Waals surface area contributed by atoms with E-state index >= 15 is 0 Å². The number of fused-ring (bicyclic) bond motifs is 1. The van der Waals surface area contributed by atoms with Crippen LogP contribution in [0.3, 0.4) is 0 Å². The summed E-state index contributed by atoms with van der Waals surface area (Å²) < 4.78 is 12.4. The van der Waals surface area contributed by atoms with Crippen molar-refractivity contribution in [2.75, 3.05) is 0 Å². The molecule has 1 aromatic carbocycles. The Morgan fingerprint density at radius 2 is 2.06 bits per heavy atom. The lowest BCUT2D eigenvalue weighted by molar-refractivity contribution is -0.0529. The molecule has 0 radical (unpaired) electrons. The van der Waals surface area contributed by atoms with Gasteiger partial charge in [0.05, 0.1) is 16.0 Å². The average molecular weight is 248 g/mol. The van der Waals surface area contributed by atoms with Crippen molar-refractivity contribution in [1.82, 2.24) is 0 Å². The second-order valence-corrected chi connectivity index (χ2v) is 6.53. The van der Waals surface area contributed by atoms with E-state index in [1.54, 1.807) is 0 Å². The van der Waals surface area contributed by atoms with Crippen LogP contribution in [-0.2, 0) is 10.8 Å². The fraction of sp³-hybridized carbons (Fsp3) is 0.429. The van der Waals surface area contributed by atoms with Gasteiger partial charge in [-0.05, 0) is 37.3 Å². The summed E-state index contributed by atoms with van der Waals surface area (Å²) in [6, 6.07) is 9.45. The maximum atomic E-state index is 12.4. The Kier molecular flexibility index (Phi) is 2.68. The molecule has 0 amide bonds. The van der Waals surface area contributed by atoms with Gasteiger partial charge in [-0.15, -0.1) is 0 Å². The van der Waals surface area contributed by atoms with Crippen molar-refractivity contribution < 1.29 is 9.32 Å². The van der Waals surface area contributed by atoms with Crippen molar-refractivity contribution in [2.45, 2.75) is 35.0 Å². The Hall–Kier alpha value is -0.930. The van der Waals surface area contributed by atoms with Gasteiger partial charge < -0.3 is 5.11 Å². The molecule has 3 rings (SSSR count). The Bertz CT molecular complexity index is 468. The van der Waals surface area contributed by atoms with E-state index in [0.29, 0.717) is 5.92 Å². The van der Waals surface area contributed by atoms with Gasteiger partial charge in [-0.25, -0.2) is 0 Å². The first-order chi connectivity index (χ1) is 8.22. The highest BCUT2D eigenvalue weighted by Crippen LogP contribution is 2.48. The fourth-order valence-corrected chi connectivity index (χ4v) is 4.65. The lowest BCUT2D eigenvalue weighted by atomic mass is 9.64. The lowest BCUT2D eigenvalue weighted by Gasteiger charge is -2.51. The molecule has 4 atom stereocenters. The summed E-state index contributed by atoms with van der Waals surface area (Å²) in [4.78, 5) is 0.823. The Balaban J connectivity index is 1.85.